The van der Waals surface area contributed by atoms with Crippen LogP contribution in [0.5, 0.6) is 11.8 Å². The fraction of sp³-hybridized carbons (Fsp3) is 0.600. The maximum Gasteiger partial charge on any atom is 0.195 e. The molecule has 0 spiro atoms. The summed E-state index contributed by atoms with van der Waals surface area (Å²) in [4.78, 5) is 2.63. The van der Waals surface area contributed by atoms with Crippen LogP contribution in [0.2, 0.25) is 0 Å². The zero-order valence-electron chi connectivity index (χ0n) is 7.38. The second-order valence-electron chi connectivity index (χ2n) is 4.20. The van der Waals surface area contributed by atoms with Gasteiger partial charge in [0, 0.05) is 11.1 Å². The van der Waals surface area contributed by atoms with Crippen LogP contribution >= 0.6 is 0 Å². The highest BCUT2D eigenvalue weighted by molar-refractivity contribution is 5.50. The van der Waals surface area contributed by atoms with Crippen LogP contribution in [0.15, 0.2) is 0 Å². The Hall–Kier alpha value is -1.12. The Morgan fingerprint density at radius 3 is 1.62 bits per heavy atom. The van der Waals surface area contributed by atoms with Crippen molar-refractivity contribution in [2.45, 2.75) is 37.5 Å². The topological polar surface area (TPSA) is 56.2 Å². The van der Waals surface area contributed by atoms with Crippen molar-refractivity contribution in [1.82, 2.24) is 4.98 Å². The van der Waals surface area contributed by atoms with Crippen LogP contribution in [-0.2, 0) is 0 Å². The van der Waals surface area contributed by atoms with E-state index in [4.69, 9.17) is 0 Å². The average molecular weight is 179 g/mol. The zero-order valence-corrected chi connectivity index (χ0v) is 7.38. The molecule has 4 rings (SSSR count). The van der Waals surface area contributed by atoms with Crippen molar-refractivity contribution < 1.29 is 10.2 Å². The Morgan fingerprint density at radius 2 is 1.23 bits per heavy atom. The van der Waals surface area contributed by atoms with Crippen molar-refractivity contribution >= 4 is 0 Å². The van der Waals surface area contributed by atoms with E-state index < -0.39 is 0 Å². The van der Waals surface area contributed by atoms with Gasteiger partial charge in [-0.15, -0.1) is 0 Å². The van der Waals surface area contributed by atoms with E-state index in [9.17, 15) is 10.2 Å². The molecule has 0 radical (unpaired) electrons. The van der Waals surface area contributed by atoms with Crippen LogP contribution in [0.4, 0.5) is 0 Å². The van der Waals surface area contributed by atoms with Gasteiger partial charge in [0.15, 0.2) is 11.8 Å². The zero-order chi connectivity index (χ0) is 9.00. The Morgan fingerprint density at radius 1 is 0.846 bits per heavy atom. The number of rotatable bonds is 0. The van der Waals surface area contributed by atoms with Crippen LogP contribution in [0.3, 0.4) is 0 Å². The number of H-pyrrole nitrogens is 1. The van der Waals surface area contributed by atoms with E-state index in [0.29, 0.717) is 11.8 Å². The molecule has 1 fully saturated rings. The van der Waals surface area contributed by atoms with Gasteiger partial charge in [0.05, 0.1) is 0 Å². The van der Waals surface area contributed by atoms with E-state index in [2.05, 4.69) is 4.98 Å². The third-order valence-electron chi connectivity index (χ3n) is 3.58. The molecule has 1 heterocycles. The first-order valence-corrected chi connectivity index (χ1v) is 4.91. The summed E-state index contributed by atoms with van der Waals surface area (Å²) < 4.78 is 0. The molecule has 3 aliphatic carbocycles. The fourth-order valence-corrected chi connectivity index (χ4v) is 3.00. The lowest BCUT2D eigenvalue weighted by Gasteiger charge is -2.35. The van der Waals surface area contributed by atoms with Crippen molar-refractivity contribution in [1.29, 1.82) is 0 Å². The maximum absolute atomic E-state index is 9.58. The summed E-state index contributed by atoms with van der Waals surface area (Å²) in [6.07, 6.45) is 4.68. The normalized spacial score (nSPS) is 30.5. The van der Waals surface area contributed by atoms with Crippen LogP contribution in [-0.4, -0.2) is 15.2 Å². The highest BCUT2D eigenvalue weighted by Gasteiger charge is 2.38. The average Bonchev–Trinajstić information content (AvgIpc) is 2.47. The molecule has 1 aromatic rings. The van der Waals surface area contributed by atoms with Gasteiger partial charge in [-0.25, -0.2) is 0 Å². The van der Waals surface area contributed by atoms with Gasteiger partial charge >= 0.3 is 0 Å². The fourth-order valence-electron chi connectivity index (χ4n) is 3.00. The van der Waals surface area contributed by atoms with Crippen molar-refractivity contribution in [2.75, 3.05) is 0 Å². The van der Waals surface area contributed by atoms with E-state index >= 15 is 0 Å². The van der Waals surface area contributed by atoms with Gasteiger partial charge in [0.2, 0.25) is 0 Å². The Bertz CT molecular complexity index is 316. The molecule has 0 aliphatic heterocycles. The van der Waals surface area contributed by atoms with Crippen LogP contribution in [0.25, 0.3) is 0 Å². The van der Waals surface area contributed by atoms with Crippen molar-refractivity contribution in [3.8, 4) is 11.8 Å². The van der Waals surface area contributed by atoms with E-state index in [-0.39, 0.29) is 11.8 Å². The minimum Gasteiger partial charge on any atom is -0.494 e. The summed E-state index contributed by atoms with van der Waals surface area (Å²) in [5.74, 6) is 1.36. The molecular weight excluding hydrogens is 166 g/mol. The first kappa shape index (κ1) is 7.30. The number of aromatic hydroxyl groups is 2. The molecule has 3 aliphatic rings. The molecule has 0 aromatic carbocycles. The van der Waals surface area contributed by atoms with Crippen molar-refractivity contribution in [3.63, 3.8) is 0 Å². The van der Waals surface area contributed by atoms with Crippen molar-refractivity contribution in [3.05, 3.63) is 11.1 Å². The molecule has 0 amide bonds. The molecule has 0 atom stereocenters. The standard InChI is InChI=1S/C10H13NO2/c12-9-7-5-1-2-6(4-3-5)8(7)10(13)11-9/h5-6,11-13H,1-4H2. The lowest BCUT2D eigenvalue weighted by Crippen LogP contribution is -2.19. The smallest absolute Gasteiger partial charge is 0.195 e. The number of aromatic nitrogens is 1. The van der Waals surface area contributed by atoms with Crippen molar-refractivity contribution in [2.24, 2.45) is 0 Å². The molecule has 2 bridgehead atoms. The van der Waals surface area contributed by atoms with E-state index in [1.54, 1.807) is 0 Å². The highest BCUT2D eigenvalue weighted by Crippen LogP contribution is 2.55. The number of nitrogens with one attached hydrogen (secondary N) is 1. The predicted molar refractivity (Wildman–Crippen MR) is 48.1 cm³/mol. The molecule has 3 nitrogen and oxygen atoms in total. The molecule has 1 aromatic heterocycles. The molecule has 3 heteroatoms. The van der Waals surface area contributed by atoms with Gasteiger partial charge in [-0.05, 0) is 37.5 Å². The van der Waals surface area contributed by atoms with E-state index in [1.165, 1.54) is 25.7 Å². The lowest BCUT2D eigenvalue weighted by molar-refractivity contribution is 0.339. The molecular formula is C10H13NO2. The quantitative estimate of drug-likeness (QED) is 0.571. The molecule has 70 valence electrons. The first-order chi connectivity index (χ1) is 6.27. The Kier molecular flexibility index (Phi) is 1.25. The second kappa shape index (κ2) is 2.22. The summed E-state index contributed by atoms with van der Waals surface area (Å²) in [5, 5.41) is 19.2. The Balaban J connectivity index is 2.25. The summed E-state index contributed by atoms with van der Waals surface area (Å²) in [7, 11) is 0. The third kappa shape index (κ3) is 0.794. The minimum atomic E-state index is 0.196. The second-order valence-corrected chi connectivity index (χ2v) is 4.20. The van der Waals surface area contributed by atoms with Gasteiger partial charge in [0.1, 0.15) is 0 Å². The van der Waals surface area contributed by atoms with Gasteiger partial charge in [-0.1, -0.05) is 0 Å². The first-order valence-electron chi connectivity index (χ1n) is 4.91. The maximum atomic E-state index is 9.58. The van der Waals surface area contributed by atoms with Crippen LogP contribution in [0.1, 0.15) is 48.6 Å². The Labute approximate surface area is 76.4 Å². The SMILES string of the molecule is Oc1[nH]c(O)c2c1C1CCC2CC1. The molecule has 13 heavy (non-hydrogen) atoms. The summed E-state index contributed by atoms with van der Waals surface area (Å²) in [6, 6.07) is 0. The molecule has 0 saturated heterocycles. The summed E-state index contributed by atoms with van der Waals surface area (Å²) in [6.45, 7) is 0. The molecule has 3 N–H and O–H groups in total. The van der Waals surface area contributed by atoms with Gasteiger partial charge in [-0.2, -0.15) is 0 Å². The van der Waals surface area contributed by atoms with Gasteiger partial charge in [-0.3, -0.25) is 4.98 Å². The summed E-state index contributed by atoms with van der Waals surface area (Å²) >= 11 is 0. The number of aromatic amines is 1. The monoisotopic (exact) mass is 179 g/mol. The van der Waals surface area contributed by atoms with E-state index in [0.717, 1.165) is 11.1 Å². The van der Waals surface area contributed by atoms with Crippen LogP contribution in [0, 0.1) is 0 Å². The number of hydrogen-bond donors (Lipinski definition) is 3. The predicted octanol–water partition coefficient (Wildman–Crippen LogP) is 2.18. The van der Waals surface area contributed by atoms with E-state index in [1.807, 2.05) is 0 Å². The highest BCUT2D eigenvalue weighted by atomic mass is 16.3. The minimum absolute atomic E-state index is 0.196. The van der Waals surface area contributed by atoms with Gasteiger partial charge in [0.25, 0.3) is 0 Å². The van der Waals surface area contributed by atoms with Crippen LogP contribution < -0.4 is 0 Å². The molecule has 1 saturated carbocycles. The summed E-state index contributed by atoms with van der Waals surface area (Å²) in [5.41, 5.74) is 2.00. The molecule has 0 unspecified atom stereocenters. The van der Waals surface area contributed by atoms with Gasteiger partial charge < -0.3 is 10.2 Å². The third-order valence-corrected chi connectivity index (χ3v) is 3.58. The largest absolute Gasteiger partial charge is 0.494 e. The number of hydrogen-bond acceptors (Lipinski definition) is 2. The lowest BCUT2D eigenvalue weighted by atomic mass is 9.68. The number of fused-ring (bicyclic) bond motifs is 2.